The molecule has 1 fully saturated rings. The van der Waals surface area contributed by atoms with Gasteiger partial charge in [0, 0.05) is 37.1 Å². The predicted molar refractivity (Wildman–Crippen MR) is 315 cm³/mol. The standard InChI is InChI=1S/C50H57O4P.C9H19NO2.C4H9NO.2CH3/c1-27(2)35-23-39(29(5)6)45(40(24-35)30(7)8)43-21-33-17-13-15-19-37(33)47-48-38-20-16-14-18-34(38)22-44(50(48)54-55(51,52)53-49(43)47)46-41(31(9)10)25-36(28(3)4)26-42(46)32(11)12;1-6(2)7(10)8(11)12-9(3,4)5;1-3-6-4-2-5-1;;/h13-32H,1-12H3,(H,51,52);6-7H,10H2,1-5H3;5H,1-4H2;2*1H3/q;;;2*+1/t;7-;;;/m.0.../s1. The summed E-state index contributed by atoms with van der Waals surface area (Å²) in [5, 5.41) is 6.10. The van der Waals surface area contributed by atoms with Gasteiger partial charge in [0.05, 0.1) is 26.3 Å². The number of nitrogens with two attached hydrogens (primary N) is 2. The van der Waals surface area contributed by atoms with E-state index < -0.39 is 19.5 Å². The number of benzene rings is 6. The molecule has 0 aromatic heterocycles. The van der Waals surface area contributed by atoms with Gasteiger partial charge in [-0.15, -0.1) is 0 Å². The lowest BCUT2D eigenvalue weighted by Gasteiger charge is -2.28. The van der Waals surface area contributed by atoms with Crippen molar-refractivity contribution in [3.8, 4) is 44.9 Å². The summed E-state index contributed by atoms with van der Waals surface area (Å²) in [6.45, 7) is 40.1. The Kier molecular flexibility index (Phi) is 21.3. The zero-order chi connectivity index (χ0) is 53.9. The number of carbonyl (C=O) groups excluding carboxylic acids is 1. The quantitative estimate of drug-likeness (QED) is 0.0786. The number of morpholine rings is 1. The molecule has 6 aromatic rings. The van der Waals surface area contributed by atoms with E-state index >= 15 is 0 Å². The van der Waals surface area contributed by atoms with Crippen LogP contribution in [0, 0.1) is 20.8 Å². The Labute approximate surface area is 452 Å². The molecule has 1 atom stereocenters. The van der Waals surface area contributed by atoms with Crippen LogP contribution in [-0.4, -0.2) is 43.9 Å². The van der Waals surface area contributed by atoms with Crippen LogP contribution in [0.3, 0.4) is 0 Å². The molecule has 0 aliphatic carbocycles. The van der Waals surface area contributed by atoms with Crippen molar-refractivity contribution in [1.82, 2.24) is 0 Å². The lowest BCUT2D eigenvalue weighted by Crippen LogP contribution is -2.87. The summed E-state index contributed by atoms with van der Waals surface area (Å²) in [5.74, 6) is 1.81. The van der Waals surface area contributed by atoms with Crippen molar-refractivity contribution < 1.29 is 38.1 Å². The first-order valence-electron chi connectivity index (χ1n) is 26.8. The summed E-state index contributed by atoms with van der Waals surface area (Å²) in [7, 11) is -5.00. The van der Waals surface area contributed by atoms with Crippen molar-refractivity contribution >= 4 is 35.3 Å². The molecule has 2 aliphatic heterocycles. The van der Waals surface area contributed by atoms with Crippen LogP contribution >= 0.6 is 7.82 Å². The third-order valence-corrected chi connectivity index (χ3v) is 14.6. The molecule has 0 amide bonds. The van der Waals surface area contributed by atoms with E-state index in [-0.39, 0.29) is 50.4 Å². The van der Waals surface area contributed by atoms with Gasteiger partial charge in [-0.25, -0.2) is 4.57 Å². The molecule has 4 N–H and O–H groups in total. The maximum atomic E-state index is 14.6. The van der Waals surface area contributed by atoms with Crippen LogP contribution in [0.25, 0.3) is 54.9 Å². The van der Waals surface area contributed by atoms with Crippen molar-refractivity contribution in [2.24, 2.45) is 11.7 Å². The van der Waals surface area contributed by atoms with Gasteiger partial charge in [-0.2, -0.15) is 0 Å². The van der Waals surface area contributed by atoms with Crippen LogP contribution in [-0.2, 0) is 18.8 Å². The van der Waals surface area contributed by atoms with Crippen molar-refractivity contribution in [2.45, 2.75) is 165 Å². The van der Waals surface area contributed by atoms with Crippen molar-refractivity contribution in [1.29, 1.82) is 0 Å². The number of hydrogen-bond acceptors (Lipinski definition) is 8. The molecule has 2 aliphatic rings. The molecule has 10 heteroatoms. The first kappa shape index (κ1) is 62.3. The molecular weight excluding hydrogens is 952 g/mol. The highest BCUT2D eigenvalue weighted by Crippen LogP contribution is 2.62. The Morgan fingerprint density at radius 2 is 0.920 bits per heavy atom. The minimum absolute atomic E-state index is 0. The highest BCUT2D eigenvalue weighted by molar-refractivity contribution is 7.46. The van der Waals surface area contributed by atoms with E-state index in [0.717, 1.165) is 81.2 Å². The fraction of sp³-hybridized carbons (Fsp3) is 0.462. The minimum Gasteiger partial charge on any atom is -0.736 e. The van der Waals surface area contributed by atoms with Crippen LogP contribution < -0.4 is 25.0 Å². The third-order valence-electron chi connectivity index (χ3n) is 13.8. The molecule has 1 saturated heterocycles. The lowest BCUT2D eigenvalue weighted by atomic mass is 9.78. The molecular formula is C65H91N2O7P+2. The summed E-state index contributed by atoms with van der Waals surface area (Å²) in [5.41, 5.74) is 17.5. The van der Waals surface area contributed by atoms with Gasteiger partial charge in [-0.1, -0.05) is 170 Å². The first-order valence-corrected chi connectivity index (χ1v) is 28.2. The third kappa shape index (κ3) is 14.4. The zero-order valence-electron chi connectivity index (χ0n) is 49.0. The fourth-order valence-corrected chi connectivity index (χ4v) is 10.6. The number of hydrogen-bond donors (Lipinski definition) is 2. The van der Waals surface area contributed by atoms with Crippen molar-refractivity contribution in [3.05, 3.63) is 133 Å². The van der Waals surface area contributed by atoms with Gasteiger partial charge < -0.3 is 34.5 Å². The molecule has 75 heavy (non-hydrogen) atoms. The second kappa shape index (κ2) is 25.7. The largest absolute Gasteiger partial charge is 0.736 e. The second-order valence-electron chi connectivity index (χ2n) is 23.2. The number of fused-ring (bicyclic) bond motifs is 7. The number of rotatable bonds is 10. The monoisotopic (exact) mass is 1040 g/mol. The molecule has 6 aromatic carbocycles. The van der Waals surface area contributed by atoms with Gasteiger partial charge in [0.2, 0.25) is 0 Å². The lowest BCUT2D eigenvalue weighted by molar-refractivity contribution is -0.670. The van der Waals surface area contributed by atoms with Gasteiger partial charge >= 0.3 is 13.8 Å². The van der Waals surface area contributed by atoms with E-state index in [2.05, 4.69) is 161 Å². The smallest absolute Gasteiger partial charge is 0.372 e. The average molecular weight is 1040 g/mol. The molecule has 0 unspecified atom stereocenters. The Bertz CT molecular complexity index is 2720. The second-order valence-corrected chi connectivity index (χ2v) is 24.4. The molecule has 2 heterocycles. The maximum Gasteiger partial charge on any atom is 0.372 e. The van der Waals surface area contributed by atoms with E-state index in [1.807, 2.05) is 46.8 Å². The molecule has 9 nitrogen and oxygen atoms in total. The summed E-state index contributed by atoms with van der Waals surface area (Å²) in [4.78, 5) is 25.8. The van der Waals surface area contributed by atoms with E-state index in [9.17, 15) is 14.3 Å². The van der Waals surface area contributed by atoms with Crippen LogP contribution in [0.1, 0.15) is 187 Å². The summed E-state index contributed by atoms with van der Waals surface area (Å²) in [6.07, 6.45) is 0. The van der Waals surface area contributed by atoms with Gasteiger partial charge in [0.1, 0.15) is 23.1 Å². The van der Waals surface area contributed by atoms with Crippen molar-refractivity contribution in [3.63, 3.8) is 0 Å². The van der Waals surface area contributed by atoms with E-state index in [1.165, 1.54) is 33.4 Å². The molecule has 406 valence electrons. The molecule has 0 bridgehead atoms. The maximum absolute atomic E-state index is 14.6. The predicted octanol–water partition coefficient (Wildman–Crippen LogP) is 15.8. The van der Waals surface area contributed by atoms with E-state index in [0.29, 0.717) is 23.3 Å². The highest BCUT2D eigenvalue weighted by atomic mass is 31.2. The first-order chi connectivity index (χ1) is 34.2. The van der Waals surface area contributed by atoms with Crippen LogP contribution in [0.5, 0.6) is 11.5 Å². The summed E-state index contributed by atoms with van der Waals surface area (Å²) < 4.78 is 37.5. The van der Waals surface area contributed by atoms with E-state index in [4.69, 9.17) is 24.3 Å². The molecule has 8 rings (SSSR count). The molecule has 0 saturated carbocycles. The van der Waals surface area contributed by atoms with Crippen LogP contribution in [0.2, 0.25) is 0 Å². The fourth-order valence-electron chi connectivity index (χ4n) is 9.71. The minimum atomic E-state index is -5.00. The number of ether oxygens (including phenoxy) is 2. The van der Waals surface area contributed by atoms with Gasteiger partial charge in [-0.05, 0) is 140 Å². The van der Waals surface area contributed by atoms with Crippen LogP contribution in [0.4, 0.5) is 0 Å². The highest BCUT2D eigenvalue weighted by Gasteiger charge is 2.36. The van der Waals surface area contributed by atoms with Gasteiger partial charge in [0.15, 0.2) is 0 Å². The van der Waals surface area contributed by atoms with E-state index in [1.54, 1.807) is 0 Å². The van der Waals surface area contributed by atoms with Crippen molar-refractivity contribution in [2.75, 3.05) is 26.3 Å². The Morgan fingerprint density at radius 1 is 0.573 bits per heavy atom. The van der Waals surface area contributed by atoms with Gasteiger partial charge in [0.25, 0.3) is 0 Å². The number of phosphoric acid groups is 1. The Hall–Kier alpha value is -5.28. The number of quaternary nitrogens is 1. The van der Waals surface area contributed by atoms with Crippen LogP contribution in [0.15, 0.2) is 84.9 Å². The molecule has 0 spiro atoms. The summed E-state index contributed by atoms with van der Waals surface area (Å²) in [6, 6.07) is 29.5. The summed E-state index contributed by atoms with van der Waals surface area (Å²) >= 11 is 0. The van der Waals surface area contributed by atoms with Gasteiger partial charge in [-0.3, -0.25) is 4.79 Å². The number of phosphoric ester groups is 1. The topological polar surface area (TPSA) is 137 Å². The number of carbonyl (C=O) groups is 1. The Morgan fingerprint density at radius 3 is 1.19 bits per heavy atom. The Balaban J connectivity index is 0.000000517. The average Bonchev–Trinajstić information content (AvgIpc) is 3.46. The number of esters is 1. The SMILES string of the molecule is C1COCC[NH2+]1.CC(C)[C@H](N)C(=O)OC(C)(C)C.CC(C)c1cc(C(C)C)c(-c2cc3ccccc3c3c2OP(=O)([O-])Oc2c(-c4c(C(C)C)cc(C(C)C)cc4C(C)C)cc4ccccc4c2-3)c(C(C)C)c1.[CH3+].[CH3+]. The normalized spacial score (nSPS) is 14.5. The molecule has 0 radical (unpaired) electrons. The zero-order valence-corrected chi connectivity index (χ0v) is 49.9.